The molecule has 17 heavy (non-hydrogen) atoms. The normalized spacial score (nSPS) is 30.7. The summed E-state index contributed by atoms with van der Waals surface area (Å²) in [5.41, 5.74) is 0. The van der Waals surface area contributed by atoms with E-state index in [-0.39, 0.29) is 0 Å². The summed E-state index contributed by atoms with van der Waals surface area (Å²) in [6.45, 7) is 6.98. The molecule has 0 radical (unpaired) electrons. The SMILES string of the molecule is C[C@H]1CN2CCCC2CN1Cc1ccc(Br)o1. The monoisotopic (exact) mass is 298 g/mol. The van der Waals surface area contributed by atoms with Gasteiger partial charge in [-0.3, -0.25) is 9.80 Å². The maximum absolute atomic E-state index is 5.61. The standard InChI is InChI=1S/C13H19BrN2O/c1-10-7-15-6-2-3-11(15)8-16(10)9-12-4-5-13(14)17-12/h4-5,10-11H,2-3,6-9H2,1H3/t10-,11?/m0/s1. The molecule has 0 saturated carbocycles. The fraction of sp³-hybridized carbons (Fsp3) is 0.692. The molecule has 4 heteroatoms. The van der Waals surface area contributed by atoms with E-state index in [9.17, 15) is 0 Å². The number of nitrogens with zero attached hydrogens (tertiary/aromatic N) is 2. The average Bonchev–Trinajstić information content (AvgIpc) is 2.88. The molecular formula is C13H19BrN2O. The Kier molecular flexibility index (Phi) is 3.28. The second kappa shape index (κ2) is 4.75. The number of hydrogen-bond donors (Lipinski definition) is 0. The van der Waals surface area contributed by atoms with E-state index >= 15 is 0 Å². The van der Waals surface area contributed by atoms with Crippen LogP contribution in [0.2, 0.25) is 0 Å². The van der Waals surface area contributed by atoms with Gasteiger partial charge in [0.05, 0.1) is 6.54 Å². The van der Waals surface area contributed by atoms with Crippen LogP contribution in [0.25, 0.3) is 0 Å². The molecule has 94 valence electrons. The van der Waals surface area contributed by atoms with E-state index in [1.54, 1.807) is 0 Å². The molecule has 2 saturated heterocycles. The molecule has 0 aromatic carbocycles. The highest BCUT2D eigenvalue weighted by molar-refractivity contribution is 9.10. The van der Waals surface area contributed by atoms with Crippen LogP contribution in [0, 0.1) is 0 Å². The molecule has 1 aromatic rings. The van der Waals surface area contributed by atoms with Crippen LogP contribution in [-0.4, -0.2) is 41.5 Å². The lowest BCUT2D eigenvalue weighted by molar-refractivity contribution is 0.0492. The molecule has 3 nitrogen and oxygen atoms in total. The summed E-state index contributed by atoms with van der Waals surface area (Å²) in [4.78, 5) is 5.21. The fourth-order valence-corrected chi connectivity index (χ4v) is 3.45. The Morgan fingerprint density at radius 3 is 3.06 bits per heavy atom. The van der Waals surface area contributed by atoms with Gasteiger partial charge in [-0.1, -0.05) is 0 Å². The Hall–Kier alpha value is -0.320. The molecule has 0 aliphatic carbocycles. The Bertz CT molecular complexity index is 393. The van der Waals surface area contributed by atoms with Crippen molar-refractivity contribution < 1.29 is 4.42 Å². The van der Waals surface area contributed by atoms with Gasteiger partial charge in [-0.15, -0.1) is 0 Å². The predicted molar refractivity (Wildman–Crippen MR) is 70.9 cm³/mol. The van der Waals surface area contributed by atoms with Gasteiger partial charge in [-0.25, -0.2) is 0 Å². The van der Waals surface area contributed by atoms with Gasteiger partial charge in [-0.2, -0.15) is 0 Å². The van der Waals surface area contributed by atoms with Gasteiger partial charge in [0.2, 0.25) is 0 Å². The van der Waals surface area contributed by atoms with Crippen molar-refractivity contribution in [2.75, 3.05) is 19.6 Å². The molecule has 2 aliphatic heterocycles. The number of rotatable bonds is 2. The van der Waals surface area contributed by atoms with Gasteiger partial charge in [0.1, 0.15) is 5.76 Å². The molecule has 0 spiro atoms. The van der Waals surface area contributed by atoms with Crippen molar-refractivity contribution in [3.8, 4) is 0 Å². The zero-order valence-electron chi connectivity index (χ0n) is 10.2. The van der Waals surface area contributed by atoms with Crippen LogP contribution in [0.5, 0.6) is 0 Å². The Morgan fingerprint density at radius 2 is 2.29 bits per heavy atom. The molecule has 2 aliphatic rings. The van der Waals surface area contributed by atoms with E-state index in [1.165, 1.54) is 32.5 Å². The fourth-order valence-electron chi connectivity index (χ4n) is 3.11. The van der Waals surface area contributed by atoms with Crippen LogP contribution in [0.1, 0.15) is 25.5 Å². The average molecular weight is 299 g/mol. The molecule has 3 heterocycles. The van der Waals surface area contributed by atoms with Gasteiger partial charge < -0.3 is 4.42 Å². The minimum absolute atomic E-state index is 0.633. The summed E-state index contributed by atoms with van der Waals surface area (Å²) in [7, 11) is 0. The molecular weight excluding hydrogens is 280 g/mol. The lowest BCUT2D eigenvalue weighted by atomic mass is 10.1. The minimum atomic E-state index is 0.633. The molecule has 3 rings (SSSR count). The topological polar surface area (TPSA) is 19.6 Å². The number of fused-ring (bicyclic) bond motifs is 1. The van der Waals surface area contributed by atoms with Crippen LogP contribution in [0.3, 0.4) is 0 Å². The van der Waals surface area contributed by atoms with Gasteiger partial charge in [0.25, 0.3) is 0 Å². The predicted octanol–water partition coefficient (Wildman–Crippen LogP) is 2.71. The first-order valence-corrected chi connectivity index (χ1v) is 7.24. The molecule has 0 bridgehead atoms. The summed E-state index contributed by atoms with van der Waals surface area (Å²) in [5.74, 6) is 1.06. The first kappa shape index (κ1) is 11.8. The molecule has 1 unspecified atom stereocenters. The van der Waals surface area contributed by atoms with E-state index in [4.69, 9.17) is 4.42 Å². The third kappa shape index (κ3) is 2.44. The van der Waals surface area contributed by atoms with Gasteiger partial charge in [0.15, 0.2) is 4.67 Å². The van der Waals surface area contributed by atoms with Gasteiger partial charge >= 0.3 is 0 Å². The minimum Gasteiger partial charge on any atom is -0.453 e. The molecule has 0 amide bonds. The summed E-state index contributed by atoms with van der Waals surface area (Å²) in [6.07, 6.45) is 2.74. The third-order valence-corrected chi connectivity index (χ3v) is 4.48. The van der Waals surface area contributed by atoms with Crippen LogP contribution < -0.4 is 0 Å². The Labute approximate surface area is 111 Å². The highest BCUT2D eigenvalue weighted by Gasteiger charge is 2.34. The maximum Gasteiger partial charge on any atom is 0.169 e. The van der Waals surface area contributed by atoms with E-state index in [0.29, 0.717) is 6.04 Å². The number of furan rings is 1. The second-order valence-corrected chi connectivity index (χ2v) is 6.06. The lowest BCUT2D eigenvalue weighted by Crippen LogP contribution is -2.54. The molecule has 2 fully saturated rings. The van der Waals surface area contributed by atoms with Crippen molar-refractivity contribution in [1.29, 1.82) is 0 Å². The van der Waals surface area contributed by atoms with Crippen molar-refractivity contribution in [1.82, 2.24) is 9.80 Å². The van der Waals surface area contributed by atoms with Crippen molar-refractivity contribution in [2.24, 2.45) is 0 Å². The smallest absolute Gasteiger partial charge is 0.169 e. The summed E-state index contributed by atoms with van der Waals surface area (Å²) < 4.78 is 6.44. The second-order valence-electron chi connectivity index (χ2n) is 5.28. The van der Waals surface area contributed by atoms with Gasteiger partial charge in [0, 0.05) is 25.2 Å². The van der Waals surface area contributed by atoms with Crippen molar-refractivity contribution in [3.63, 3.8) is 0 Å². The largest absolute Gasteiger partial charge is 0.453 e. The van der Waals surface area contributed by atoms with E-state index < -0.39 is 0 Å². The van der Waals surface area contributed by atoms with Crippen LogP contribution >= 0.6 is 15.9 Å². The van der Waals surface area contributed by atoms with E-state index in [2.05, 4.69) is 38.7 Å². The van der Waals surface area contributed by atoms with Crippen LogP contribution in [0.4, 0.5) is 0 Å². The van der Waals surface area contributed by atoms with Crippen molar-refractivity contribution >= 4 is 15.9 Å². The summed E-state index contributed by atoms with van der Waals surface area (Å²) >= 11 is 3.36. The highest BCUT2D eigenvalue weighted by Crippen LogP contribution is 2.26. The number of halogens is 1. The Morgan fingerprint density at radius 1 is 1.41 bits per heavy atom. The number of hydrogen-bond acceptors (Lipinski definition) is 3. The lowest BCUT2D eigenvalue weighted by Gasteiger charge is -2.41. The maximum atomic E-state index is 5.61. The van der Waals surface area contributed by atoms with Crippen LogP contribution in [-0.2, 0) is 6.54 Å². The Balaban J connectivity index is 1.66. The summed E-state index contributed by atoms with van der Waals surface area (Å²) in [6, 6.07) is 5.46. The van der Waals surface area contributed by atoms with Crippen LogP contribution in [0.15, 0.2) is 21.2 Å². The number of piperazine rings is 1. The first-order chi connectivity index (χ1) is 8.22. The van der Waals surface area contributed by atoms with E-state index in [1.807, 2.05) is 6.07 Å². The van der Waals surface area contributed by atoms with Gasteiger partial charge in [-0.05, 0) is 54.4 Å². The first-order valence-electron chi connectivity index (χ1n) is 6.44. The molecule has 1 aromatic heterocycles. The van der Waals surface area contributed by atoms with E-state index in [0.717, 1.165) is 23.0 Å². The zero-order chi connectivity index (χ0) is 11.8. The quantitative estimate of drug-likeness (QED) is 0.837. The molecule has 0 N–H and O–H groups in total. The highest BCUT2D eigenvalue weighted by atomic mass is 79.9. The summed E-state index contributed by atoms with van der Waals surface area (Å²) in [5, 5.41) is 0. The molecule has 2 atom stereocenters. The third-order valence-electron chi connectivity index (χ3n) is 4.05. The van der Waals surface area contributed by atoms with Crippen molar-refractivity contribution in [2.45, 2.75) is 38.4 Å². The van der Waals surface area contributed by atoms with Crippen molar-refractivity contribution in [3.05, 3.63) is 22.6 Å². The zero-order valence-corrected chi connectivity index (χ0v) is 11.8.